The first-order chi connectivity index (χ1) is 17.5. The van der Waals surface area contributed by atoms with E-state index in [1.54, 1.807) is 25.3 Å². The molecule has 2 aliphatic rings. The normalized spacial score (nSPS) is 19.8. The predicted molar refractivity (Wildman–Crippen MR) is 137 cm³/mol. The molecule has 1 saturated carbocycles. The Labute approximate surface area is 213 Å². The van der Waals surface area contributed by atoms with Crippen molar-refractivity contribution in [2.45, 2.75) is 77.0 Å². The van der Waals surface area contributed by atoms with Gasteiger partial charge >= 0.3 is 0 Å². The number of fused-ring (bicyclic) bond motifs is 1. The van der Waals surface area contributed by atoms with Crippen LogP contribution < -0.4 is 10.2 Å². The summed E-state index contributed by atoms with van der Waals surface area (Å²) in [7, 11) is 1.56. The number of pyridine rings is 1. The number of likely N-dealkylation sites (tertiary alicyclic amines) is 1. The zero-order valence-electron chi connectivity index (χ0n) is 21.3. The number of ether oxygens (including phenoxy) is 1. The fourth-order valence-corrected chi connectivity index (χ4v) is 6.17. The second kappa shape index (κ2) is 12.3. The van der Waals surface area contributed by atoms with Crippen molar-refractivity contribution >= 4 is 16.8 Å². The zero-order chi connectivity index (χ0) is 25.5. The zero-order valence-corrected chi connectivity index (χ0v) is 21.3. The number of nitrogens with one attached hydrogen (secondary N) is 1. The number of halogens is 1. The summed E-state index contributed by atoms with van der Waals surface area (Å²) in [6.45, 7) is 1.89. The van der Waals surface area contributed by atoms with Gasteiger partial charge in [-0.3, -0.25) is 15.0 Å². The number of aliphatic hydroxyl groups is 1. The van der Waals surface area contributed by atoms with E-state index in [4.69, 9.17) is 4.74 Å². The molecule has 1 aliphatic heterocycles. The van der Waals surface area contributed by atoms with Gasteiger partial charge in [-0.1, -0.05) is 32.1 Å². The van der Waals surface area contributed by atoms with Crippen molar-refractivity contribution in [2.24, 2.45) is 11.3 Å². The molecule has 36 heavy (non-hydrogen) atoms. The fraction of sp³-hybridized carbons (Fsp3) is 0.643. The molecule has 1 aliphatic carbocycles. The van der Waals surface area contributed by atoms with E-state index >= 15 is 0 Å². The van der Waals surface area contributed by atoms with Crippen molar-refractivity contribution in [3.63, 3.8) is 0 Å². The molecule has 1 saturated heterocycles. The van der Waals surface area contributed by atoms with Crippen molar-refractivity contribution in [3.8, 4) is 5.75 Å². The molecule has 2 aromatic rings. The molecule has 0 spiro atoms. The predicted octanol–water partition coefficient (Wildman–Crippen LogP) is 5.08. The smallest absolute Gasteiger partial charge is 0.249 e. The lowest BCUT2D eigenvalue weighted by Gasteiger charge is -2.41. The van der Waals surface area contributed by atoms with E-state index < -0.39 is 24.1 Å². The van der Waals surface area contributed by atoms with Crippen molar-refractivity contribution in [1.29, 1.82) is 0 Å². The molecular formula is C28H40FN3O4. The number of alkyl halides is 1. The molecule has 2 fully saturated rings. The first kappa shape index (κ1) is 26.8. The van der Waals surface area contributed by atoms with Crippen LogP contribution in [0.4, 0.5) is 4.39 Å². The maximum Gasteiger partial charge on any atom is 0.249 e. The third kappa shape index (κ3) is 5.98. The van der Waals surface area contributed by atoms with Gasteiger partial charge in [0.1, 0.15) is 12.4 Å². The lowest BCUT2D eigenvalue weighted by Crippen LogP contribution is -2.48. The number of aromatic nitrogens is 1. The molecule has 8 heteroatoms. The number of carbonyl (C=O) groups excluding carboxylic acids is 1. The second-order valence-electron chi connectivity index (χ2n) is 10.6. The van der Waals surface area contributed by atoms with Gasteiger partial charge in [0.2, 0.25) is 5.91 Å². The van der Waals surface area contributed by atoms with Gasteiger partial charge in [-0.15, -0.1) is 0 Å². The topological polar surface area (TPSA) is 94.9 Å². The summed E-state index contributed by atoms with van der Waals surface area (Å²) in [4.78, 5) is 19.6. The third-order valence-electron chi connectivity index (χ3n) is 8.55. The summed E-state index contributed by atoms with van der Waals surface area (Å²) in [6.07, 6.45) is 10.3. The number of hydroxylamine groups is 1. The van der Waals surface area contributed by atoms with Crippen LogP contribution in [0.5, 0.6) is 5.75 Å². The molecule has 1 aromatic heterocycles. The maximum atomic E-state index is 13.9. The van der Waals surface area contributed by atoms with Gasteiger partial charge < -0.3 is 14.7 Å². The van der Waals surface area contributed by atoms with Crippen LogP contribution in [-0.2, 0) is 11.5 Å². The molecule has 0 bridgehead atoms. The standard InChI is InChI=1S/C28H40FN3O4/c1-36-22-7-8-24-23(17-22)26(21(18-29)19-30-24)25(33)9-11-28(27(34)31-35)12-15-32(16-13-28)14-10-20-5-3-2-4-6-20/h7-8,17,19-20,25,33,35H,2-6,9-16,18H2,1H3,(H,31,34). The van der Waals surface area contributed by atoms with E-state index in [1.165, 1.54) is 44.7 Å². The molecule has 7 nitrogen and oxygen atoms in total. The van der Waals surface area contributed by atoms with Gasteiger partial charge in [0.15, 0.2) is 0 Å². The summed E-state index contributed by atoms with van der Waals surface area (Å²) in [5, 5.41) is 21.4. The van der Waals surface area contributed by atoms with Crippen LogP contribution >= 0.6 is 0 Å². The highest BCUT2D eigenvalue weighted by Crippen LogP contribution is 2.41. The second-order valence-corrected chi connectivity index (χ2v) is 10.6. The summed E-state index contributed by atoms with van der Waals surface area (Å²) < 4.78 is 19.2. The van der Waals surface area contributed by atoms with Gasteiger partial charge in [0.05, 0.1) is 24.1 Å². The Bertz CT molecular complexity index is 1010. The highest BCUT2D eigenvalue weighted by molar-refractivity contribution is 5.85. The summed E-state index contributed by atoms with van der Waals surface area (Å²) >= 11 is 0. The monoisotopic (exact) mass is 501 g/mol. The summed E-state index contributed by atoms with van der Waals surface area (Å²) in [5.41, 5.74) is 2.60. The third-order valence-corrected chi connectivity index (χ3v) is 8.55. The Morgan fingerprint density at radius 2 is 2.03 bits per heavy atom. The van der Waals surface area contributed by atoms with Crippen LogP contribution in [0.15, 0.2) is 24.4 Å². The molecule has 1 unspecified atom stereocenters. The fourth-order valence-electron chi connectivity index (χ4n) is 6.17. The highest BCUT2D eigenvalue weighted by atomic mass is 19.1. The Morgan fingerprint density at radius 1 is 1.28 bits per heavy atom. The number of amides is 1. The van der Waals surface area contributed by atoms with E-state index in [1.807, 2.05) is 5.48 Å². The summed E-state index contributed by atoms with van der Waals surface area (Å²) in [6, 6.07) is 5.33. The van der Waals surface area contributed by atoms with E-state index in [-0.39, 0.29) is 6.42 Å². The van der Waals surface area contributed by atoms with Crippen LogP contribution in [0.2, 0.25) is 0 Å². The number of hydrogen-bond donors (Lipinski definition) is 3. The van der Waals surface area contributed by atoms with Crippen molar-refractivity contribution < 1.29 is 24.2 Å². The van der Waals surface area contributed by atoms with Crippen molar-refractivity contribution in [3.05, 3.63) is 35.5 Å². The van der Waals surface area contributed by atoms with Crippen LogP contribution in [-0.4, -0.2) is 52.8 Å². The number of benzene rings is 1. The minimum atomic E-state index is -0.971. The van der Waals surface area contributed by atoms with Crippen LogP contribution in [0.25, 0.3) is 10.9 Å². The molecule has 3 N–H and O–H groups in total. The van der Waals surface area contributed by atoms with Gasteiger partial charge in [-0.2, -0.15) is 0 Å². The number of piperidine rings is 1. The Kier molecular flexibility index (Phi) is 9.14. The molecule has 198 valence electrons. The number of nitrogens with zero attached hydrogens (tertiary/aromatic N) is 2. The van der Waals surface area contributed by atoms with Crippen molar-refractivity contribution in [1.82, 2.24) is 15.4 Å². The van der Waals surface area contributed by atoms with E-state index in [9.17, 15) is 19.5 Å². The SMILES string of the molecule is COc1ccc2ncc(CF)c(C(O)CCC3(C(=O)NO)CCN(CCC4CCCCC4)CC3)c2c1. The molecular weight excluding hydrogens is 461 g/mol. The van der Waals surface area contributed by atoms with E-state index in [2.05, 4.69) is 9.88 Å². The number of methoxy groups -OCH3 is 1. The van der Waals surface area contributed by atoms with Gasteiger partial charge in [-0.05, 0) is 81.4 Å². The average molecular weight is 502 g/mol. The molecule has 4 rings (SSSR count). The van der Waals surface area contributed by atoms with Crippen molar-refractivity contribution in [2.75, 3.05) is 26.7 Å². The van der Waals surface area contributed by atoms with Gasteiger partial charge in [-0.25, -0.2) is 9.87 Å². The number of carbonyl (C=O) groups is 1. The molecule has 2 heterocycles. The van der Waals surface area contributed by atoms with Crippen LogP contribution in [0.3, 0.4) is 0 Å². The van der Waals surface area contributed by atoms with Crippen LogP contribution in [0.1, 0.15) is 81.4 Å². The Morgan fingerprint density at radius 3 is 2.69 bits per heavy atom. The molecule has 0 radical (unpaired) electrons. The maximum absolute atomic E-state index is 13.9. The molecule has 1 atom stereocenters. The number of hydrogen-bond acceptors (Lipinski definition) is 6. The average Bonchev–Trinajstić information content (AvgIpc) is 2.94. The molecule has 1 aromatic carbocycles. The first-order valence-corrected chi connectivity index (χ1v) is 13.4. The Balaban J connectivity index is 1.44. The number of aliphatic hydroxyl groups excluding tert-OH is 1. The van der Waals surface area contributed by atoms with E-state index in [0.717, 1.165) is 25.6 Å². The quantitative estimate of drug-likeness (QED) is 0.310. The van der Waals surface area contributed by atoms with E-state index in [0.29, 0.717) is 47.0 Å². The lowest BCUT2D eigenvalue weighted by molar-refractivity contribution is -0.143. The Hall–Kier alpha value is -2.29. The molecule has 1 amide bonds. The first-order valence-electron chi connectivity index (χ1n) is 13.4. The highest BCUT2D eigenvalue weighted by Gasteiger charge is 2.41. The largest absolute Gasteiger partial charge is 0.497 e. The summed E-state index contributed by atoms with van der Waals surface area (Å²) in [5.74, 6) is 1.03. The van der Waals surface area contributed by atoms with Gasteiger partial charge in [0.25, 0.3) is 0 Å². The minimum Gasteiger partial charge on any atom is -0.497 e. The number of rotatable bonds is 10. The van der Waals surface area contributed by atoms with Gasteiger partial charge in [0, 0.05) is 17.1 Å². The minimum absolute atomic E-state index is 0.277. The van der Waals surface area contributed by atoms with Crippen LogP contribution in [0, 0.1) is 11.3 Å². The lowest BCUT2D eigenvalue weighted by atomic mass is 9.73.